The van der Waals surface area contributed by atoms with Gasteiger partial charge in [-0.15, -0.1) is 0 Å². The number of aliphatic carboxylic acids is 2. The van der Waals surface area contributed by atoms with Gasteiger partial charge in [0.1, 0.15) is 42.3 Å². The van der Waals surface area contributed by atoms with Crippen molar-refractivity contribution in [2.24, 2.45) is 39.8 Å². The maximum absolute atomic E-state index is 14.3. The first-order valence-electron chi connectivity index (χ1n) is 21.8. The van der Waals surface area contributed by atoms with Crippen molar-refractivity contribution in [2.45, 2.75) is 128 Å². The zero-order valence-corrected chi connectivity index (χ0v) is 39.1. The summed E-state index contributed by atoms with van der Waals surface area (Å²) in [5.41, 5.74) is 22.3. The van der Waals surface area contributed by atoms with Crippen LogP contribution in [0.5, 0.6) is 0 Å². The first kappa shape index (κ1) is 58.5. The van der Waals surface area contributed by atoms with Gasteiger partial charge in [0.15, 0.2) is 5.96 Å². The molecule has 0 unspecified atom stereocenters. The summed E-state index contributed by atoms with van der Waals surface area (Å²) in [4.78, 5) is 134. The number of carboxylic acid groups (broad SMARTS) is 2. The van der Waals surface area contributed by atoms with E-state index in [0.29, 0.717) is 12.0 Å². The molecule has 0 aliphatic carbocycles. The number of primary amides is 1. The number of carbonyl (C=O) groups is 10. The molecular weight excluding hydrogens is 897 g/mol. The summed E-state index contributed by atoms with van der Waals surface area (Å²) in [6.45, 7) is 6.40. The molecule has 1 aromatic rings. The molecule has 0 aliphatic heterocycles. The summed E-state index contributed by atoms with van der Waals surface area (Å²) >= 11 is 3.97. The van der Waals surface area contributed by atoms with E-state index in [1.807, 2.05) is 0 Å². The number of hydrogen-bond acceptors (Lipinski definition) is 13. The van der Waals surface area contributed by atoms with Crippen LogP contribution in [0.2, 0.25) is 0 Å². The molecule has 0 aliphatic rings. The largest absolute Gasteiger partial charge is 0.481 e. The van der Waals surface area contributed by atoms with Crippen molar-refractivity contribution >= 4 is 77.8 Å². The number of hydrogen-bond donors (Lipinski definition) is 14. The smallest absolute Gasteiger partial charge is 0.327 e. The molecule has 67 heavy (non-hydrogen) atoms. The van der Waals surface area contributed by atoms with Gasteiger partial charge >= 0.3 is 11.9 Å². The third-order valence-electron chi connectivity index (χ3n) is 10.2. The molecule has 0 fully saturated rings. The molecule has 0 bridgehead atoms. The van der Waals surface area contributed by atoms with Crippen molar-refractivity contribution < 1.29 is 58.2 Å². The summed E-state index contributed by atoms with van der Waals surface area (Å²) in [6.07, 6.45) is -1.34. The highest BCUT2D eigenvalue weighted by atomic mass is 32.1. The maximum atomic E-state index is 14.3. The molecule has 8 amide bonds. The fourth-order valence-electron chi connectivity index (χ4n) is 6.37. The lowest BCUT2D eigenvalue weighted by Gasteiger charge is -2.29. The Morgan fingerprint density at radius 1 is 0.642 bits per heavy atom. The highest BCUT2D eigenvalue weighted by Crippen LogP contribution is 2.13. The number of rotatable bonds is 32. The number of aliphatic imine (C=N–C) groups is 1. The normalized spacial score (nSPS) is 14.5. The van der Waals surface area contributed by atoms with Gasteiger partial charge in [-0.05, 0) is 49.5 Å². The van der Waals surface area contributed by atoms with E-state index in [0.717, 1.165) is 0 Å². The Morgan fingerprint density at radius 3 is 1.66 bits per heavy atom. The molecule has 1 aromatic carbocycles. The second-order valence-electron chi connectivity index (χ2n) is 16.2. The summed E-state index contributed by atoms with van der Waals surface area (Å²) in [5.74, 6) is -10.7. The van der Waals surface area contributed by atoms with E-state index in [1.165, 1.54) is 0 Å². The van der Waals surface area contributed by atoms with E-state index >= 15 is 0 Å². The molecule has 0 saturated carbocycles. The zero-order chi connectivity index (χ0) is 50.8. The quantitative estimate of drug-likeness (QED) is 0.0147. The van der Waals surface area contributed by atoms with Gasteiger partial charge in [-0.2, -0.15) is 12.6 Å². The molecule has 0 saturated heterocycles. The molecule has 8 atom stereocenters. The van der Waals surface area contributed by atoms with Crippen LogP contribution in [0.15, 0.2) is 35.3 Å². The number of thiol groups is 1. The standard InChI is InChI=1S/C42H68N12O12S/c1-5-23(4)34(54-37(61)26(14-16-33(57)58)48-32(56)20-43)40(64)50-25(12-9-17-47-42(45)46)35(59)52-29(19-24-10-7-6-8-11-24)39(63)49-27(13-15-31(44)55)36(60)51-28(18-22(2)3)38(62)53-30(21-67)41(65)66/h6-8,10-11,22-23,25-30,34,67H,5,9,12-21,43H2,1-4H3,(H2,44,55)(H,48,56)(H,49,63)(H,50,64)(H,51,60)(H,52,59)(H,53,62)(H,54,61)(H,57,58)(H,65,66)(H4,45,46,47)/t23-,25-,26-,27-,28-,29-,30-,34-/m0/s1. The van der Waals surface area contributed by atoms with Crippen LogP contribution in [0.1, 0.15) is 84.6 Å². The van der Waals surface area contributed by atoms with E-state index in [2.05, 4.69) is 54.8 Å². The number of guanidine groups is 1. The lowest BCUT2D eigenvalue weighted by Crippen LogP contribution is -2.61. The van der Waals surface area contributed by atoms with Crippen LogP contribution in [0, 0.1) is 11.8 Å². The second-order valence-corrected chi connectivity index (χ2v) is 16.6. The maximum Gasteiger partial charge on any atom is 0.327 e. The fourth-order valence-corrected chi connectivity index (χ4v) is 6.62. The van der Waals surface area contributed by atoms with Gasteiger partial charge < -0.3 is 70.4 Å². The minimum absolute atomic E-state index is 0.0195. The summed E-state index contributed by atoms with van der Waals surface area (Å²) in [5, 5.41) is 36.3. The summed E-state index contributed by atoms with van der Waals surface area (Å²) in [7, 11) is 0. The average molecular weight is 965 g/mol. The molecule has 0 radical (unpaired) electrons. The van der Waals surface area contributed by atoms with E-state index in [-0.39, 0.29) is 62.7 Å². The number of benzene rings is 1. The predicted molar refractivity (Wildman–Crippen MR) is 248 cm³/mol. The number of amides is 8. The first-order chi connectivity index (χ1) is 31.5. The highest BCUT2D eigenvalue weighted by molar-refractivity contribution is 7.80. The van der Waals surface area contributed by atoms with Crippen LogP contribution < -0.4 is 60.2 Å². The average Bonchev–Trinajstić information content (AvgIpc) is 3.26. The minimum Gasteiger partial charge on any atom is -0.481 e. The Labute approximate surface area is 394 Å². The van der Waals surface area contributed by atoms with Crippen LogP contribution in [-0.2, 0) is 54.4 Å². The van der Waals surface area contributed by atoms with Crippen molar-refractivity contribution in [1.82, 2.24) is 37.2 Å². The molecule has 17 N–H and O–H groups in total. The third-order valence-corrected chi connectivity index (χ3v) is 10.6. The molecular formula is C42H68N12O12S. The summed E-state index contributed by atoms with van der Waals surface area (Å²) < 4.78 is 0. The van der Waals surface area contributed by atoms with Gasteiger partial charge in [0.05, 0.1) is 6.54 Å². The molecule has 0 heterocycles. The van der Waals surface area contributed by atoms with Gasteiger partial charge in [-0.1, -0.05) is 64.4 Å². The minimum atomic E-state index is -1.51. The fraction of sp³-hybridized carbons (Fsp3) is 0.595. The van der Waals surface area contributed by atoms with Crippen LogP contribution in [0.25, 0.3) is 0 Å². The van der Waals surface area contributed by atoms with Crippen LogP contribution >= 0.6 is 12.6 Å². The van der Waals surface area contributed by atoms with Gasteiger partial charge in [0, 0.05) is 31.6 Å². The molecule has 0 spiro atoms. The van der Waals surface area contributed by atoms with Crippen molar-refractivity contribution in [3.63, 3.8) is 0 Å². The van der Waals surface area contributed by atoms with Gasteiger partial charge in [-0.25, -0.2) is 4.79 Å². The lowest BCUT2D eigenvalue weighted by molar-refractivity contribution is -0.141. The van der Waals surface area contributed by atoms with Gasteiger partial charge in [0.2, 0.25) is 47.3 Å². The Hall–Kier alpha value is -6.50. The van der Waals surface area contributed by atoms with Crippen molar-refractivity contribution in [2.75, 3.05) is 18.8 Å². The van der Waals surface area contributed by atoms with Gasteiger partial charge in [0.25, 0.3) is 0 Å². The Kier molecular flexibility index (Phi) is 26.8. The predicted octanol–water partition coefficient (Wildman–Crippen LogP) is -3.13. The topological polar surface area (TPSA) is 412 Å². The van der Waals surface area contributed by atoms with Crippen LogP contribution in [0.3, 0.4) is 0 Å². The number of carbonyl (C=O) groups excluding carboxylic acids is 8. The van der Waals surface area contributed by atoms with Crippen LogP contribution in [-0.4, -0.2) is 137 Å². The van der Waals surface area contributed by atoms with Crippen molar-refractivity contribution in [3.05, 3.63) is 35.9 Å². The Morgan fingerprint density at radius 2 is 1.13 bits per heavy atom. The number of carboxylic acids is 2. The molecule has 0 aromatic heterocycles. The monoisotopic (exact) mass is 964 g/mol. The van der Waals surface area contributed by atoms with E-state index in [4.69, 9.17) is 22.9 Å². The van der Waals surface area contributed by atoms with E-state index in [9.17, 15) is 58.2 Å². The van der Waals surface area contributed by atoms with Crippen LogP contribution in [0.4, 0.5) is 0 Å². The molecule has 25 heteroatoms. The zero-order valence-electron chi connectivity index (χ0n) is 38.2. The molecule has 1 rings (SSSR count). The Balaban J connectivity index is 3.64. The van der Waals surface area contributed by atoms with Crippen molar-refractivity contribution in [3.8, 4) is 0 Å². The van der Waals surface area contributed by atoms with Gasteiger partial charge in [-0.3, -0.25) is 48.1 Å². The van der Waals surface area contributed by atoms with Crippen molar-refractivity contribution in [1.29, 1.82) is 0 Å². The second kappa shape index (κ2) is 30.7. The number of nitrogens with one attached hydrogen (secondary N) is 7. The lowest BCUT2D eigenvalue weighted by atomic mass is 9.96. The Bertz CT molecular complexity index is 1890. The number of nitrogens with two attached hydrogens (primary N) is 4. The SMILES string of the molecule is CC[C@H](C)[C@H](NC(=O)[C@H](CCC(=O)O)NC(=O)CN)C(=O)N[C@@H](CCCN=C(N)N)C(=O)N[C@@H](Cc1ccccc1)C(=O)N[C@@H](CCC(N)=O)C(=O)N[C@@H](CC(C)C)C(=O)N[C@@H](CS)C(=O)O. The van der Waals surface area contributed by atoms with E-state index in [1.54, 1.807) is 58.0 Å². The molecule has 374 valence electrons. The molecule has 24 nitrogen and oxygen atoms in total. The van der Waals surface area contributed by atoms with E-state index < -0.39 is 127 Å². The summed E-state index contributed by atoms with van der Waals surface area (Å²) in [6, 6.07) is -1.32. The first-order valence-corrected chi connectivity index (χ1v) is 22.4. The number of nitrogens with zero attached hydrogens (tertiary/aromatic N) is 1. The highest BCUT2D eigenvalue weighted by Gasteiger charge is 2.35. The third kappa shape index (κ3) is 23.0.